The summed E-state index contributed by atoms with van der Waals surface area (Å²) in [6.45, 7) is 0.398. The maximum Gasteiger partial charge on any atom is 0.329 e. The Bertz CT molecular complexity index is 1200. The molecule has 1 atom stereocenters. The molecule has 1 amide bonds. The molecule has 0 radical (unpaired) electrons. The highest BCUT2D eigenvalue weighted by Crippen LogP contribution is 2.28. The van der Waals surface area contributed by atoms with Crippen LogP contribution in [0.1, 0.15) is 27.4 Å². The van der Waals surface area contributed by atoms with Gasteiger partial charge in [-0.15, -0.1) is 11.3 Å². The second kappa shape index (κ2) is 8.49. The van der Waals surface area contributed by atoms with Crippen molar-refractivity contribution in [1.82, 2.24) is 9.88 Å². The molecule has 1 aliphatic heterocycles. The van der Waals surface area contributed by atoms with Crippen molar-refractivity contribution in [1.29, 1.82) is 0 Å². The molecule has 3 aromatic heterocycles. The van der Waals surface area contributed by atoms with Gasteiger partial charge in [0.25, 0.3) is 5.91 Å². The topological polar surface area (TPSA) is 72.6 Å². The minimum atomic E-state index is -0.720. The molecular formula is C23H18N2O4S2. The predicted octanol–water partition coefficient (Wildman–Crippen LogP) is 4.78. The third-order valence-electron chi connectivity index (χ3n) is 5.20. The number of carbonyl (C=O) groups is 2. The molecular weight excluding hydrogens is 432 g/mol. The number of thiazole rings is 1. The average molecular weight is 451 g/mol. The van der Waals surface area contributed by atoms with Gasteiger partial charge in [-0.05, 0) is 34.7 Å². The summed E-state index contributed by atoms with van der Waals surface area (Å²) in [6, 6.07) is 12.4. The van der Waals surface area contributed by atoms with Gasteiger partial charge in [0.2, 0.25) is 0 Å². The van der Waals surface area contributed by atoms with Crippen molar-refractivity contribution in [2.75, 3.05) is 0 Å². The molecule has 0 saturated carbocycles. The monoisotopic (exact) mass is 450 g/mol. The fourth-order valence-electron chi connectivity index (χ4n) is 3.62. The number of nitrogens with zero attached hydrogens (tertiary/aromatic N) is 2. The Kier molecular flexibility index (Phi) is 5.40. The fourth-order valence-corrected chi connectivity index (χ4v) is 5.14. The average Bonchev–Trinajstić information content (AvgIpc) is 3.57. The third kappa shape index (κ3) is 4.04. The van der Waals surface area contributed by atoms with Crippen molar-refractivity contribution >= 4 is 34.6 Å². The van der Waals surface area contributed by atoms with Gasteiger partial charge in [-0.2, -0.15) is 11.3 Å². The zero-order valence-electron chi connectivity index (χ0n) is 16.4. The number of ether oxygens (including phenoxy) is 1. The van der Waals surface area contributed by atoms with E-state index in [-0.39, 0.29) is 18.3 Å². The van der Waals surface area contributed by atoms with Crippen LogP contribution < -0.4 is 0 Å². The van der Waals surface area contributed by atoms with Gasteiger partial charge in [0.15, 0.2) is 5.76 Å². The van der Waals surface area contributed by atoms with Crippen LogP contribution in [-0.2, 0) is 29.1 Å². The number of fused-ring (bicyclic) bond motifs is 1. The van der Waals surface area contributed by atoms with Crippen LogP contribution in [0, 0.1) is 0 Å². The van der Waals surface area contributed by atoms with E-state index in [1.54, 1.807) is 23.5 Å². The molecule has 156 valence electrons. The molecule has 31 heavy (non-hydrogen) atoms. The van der Waals surface area contributed by atoms with E-state index in [2.05, 4.69) is 4.98 Å². The zero-order valence-corrected chi connectivity index (χ0v) is 18.0. The molecule has 4 heterocycles. The first-order chi connectivity index (χ1) is 15.2. The minimum Gasteiger partial charge on any atom is -0.459 e. The normalized spacial score (nSPS) is 15.5. The van der Waals surface area contributed by atoms with Gasteiger partial charge >= 0.3 is 5.97 Å². The first kappa shape index (κ1) is 19.7. The van der Waals surface area contributed by atoms with Gasteiger partial charge in [-0.25, -0.2) is 9.78 Å². The first-order valence-corrected chi connectivity index (χ1v) is 11.6. The lowest BCUT2D eigenvalue weighted by Crippen LogP contribution is -2.49. The Balaban J connectivity index is 1.33. The molecule has 0 saturated heterocycles. The number of hydrogen-bond donors (Lipinski definition) is 0. The molecule has 5 rings (SSSR count). The Morgan fingerprint density at radius 2 is 2.00 bits per heavy atom. The Morgan fingerprint density at radius 1 is 1.13 bits per heavy atom. The molecule has 0 spiro atoms. The molecule has 6 nitrogen and oxygen atoms in total. The molecule has 0 unspecified atom stereocenters. The Labute approximate surface area is 186 Å². The van der Waals surface area contributed by atoms with E-state index in [1.165, 1.54) is 22.5 Å². The molecule has 8 heteroatoms. The van der Waals surface area contributed by atoms with Gasteiger partial charge < -0.3 is 14.1 Å². The Morgan fingerprint density at radius 3 is 2.77 bits per heavy atom. The second-order valence-corrected chi connectivity index (χ2v) is 8.80. The van der Waals surface area contributed by atoms with Gasteiger partial charge in [-0.1, -0.05) is 24.3 Å². The van der Waals surface area contributed by atoms with Crippen LogP contribution in [0.3, 0.4) is 0 Å². The molecule has 4 aromatic rings. The summed E-state index contributed by atoms with van der Waals surface area (Å²) in [5, 5.41) is 6.82. The van der Waals surface area contributed by atoms with Crippen LogP contribution in [0.4, 0.5) is 0 Å². The van der Waals surface area contributed by atoms with E-state index in [9.17, 15) is 9.59 Å². The third-order valence-corrected chi connectivity index (χ3v) is 6.82. The standard InChI is InChI=1S/C23H18N2O4S2/c26-22(20-6-3-8-28-20)25-11-16-5-2-1-4-15(16)10-19(25)23(27)29-12-18-14-31-21(24-18)17-7-9-30-13-17/h1-9,13-14,19H,10-12H2/t19-/m0/s1. The zero-order chi connectivity index (χ0) is 21.2. The summed E-state index contributed by atoms with van der Waals surface area (Å²) >= 11 is 3.13. The number of thiophene rings is 1. The maximum atomic E-state index is 13.0. The molecule has 0 fully saturated rings. The highest BCUT2D eigenvalue weighted by Gasteiger charge is 2.37. The summed E-state index contributed by atoms with van der Waals surface area (Å²) in [7, 11) is 0. The summed E-state index contributed by atoms with van der Waals surface area (Å²) in [4.78, 5) is 32.1. The van der Waals surface area contributed by atoms with E-state index < -0.39 is 12.0 Å². The van der Waals surface area contributed by atoms with Crippen molar-refractivity contribution in [3.05, 3.63) is 87.4 Å². The van der Waals surface area contributed by atoms with Crippen molar-refractivity contribution in [2.45, 2.75) is 25.6 Å². The van der Waals surface area contributed by atoms with E-state index in [0.717, 1.165) is 21.7 Å². The van der Waals surface area contributed by atoms with Crippen LogP contribution in [0.25, 0.3) is 10.6 Å². The largest absolute Gasteiger partial charge is 0.459 e. The van der Waals surface area contributed by atoms with Crippen molar-refractivity contribution in [3.8, 4) is 10.6 Å². The van der Waals surface area contributed by atoms with Gasteiger partial charge in [0.05, 0.1) is 12.0 Å². The van der Waals surface area contributed by atoms with Crippen molar-refractivity contribution in [3.63, 3.8) is 0 Å². The lowest BCUT2D eigenvalue weighted by atomic mass is 9.93. The van der Waals surface area contributed by atoms with Crippen LogP contribution in [0.5, 0.6) is 0 Å². The van der Waals surface area contributed by atoms with Crippen LogP contribution in [-0.4, -0.2) is 27.8 Å². The van der Waals surface area contributed by atoms with Crippen LogP contribution >= 0.6 is 22.7 Å². The summed E-state index contributed by atoms with van der Waals surface area (Å²) in [6.07, 6.45) is 1.85. The number of hydrogen-bond acceptors (Lipinski definition) is 7. The summed E-state index contributed by atoms with van der Waals surface area (Å²) < 4.78 is 10.9. The lowest BCUT2D eigenvalue weighted by molar-refractivity contribution is -0.151. The fraction of sp³-hybridized carbons (Fsp3) is 0.174. The smallest absolute Gasteiger partial charge is 0.329 e. The molecule has 0 bridgehead atoms. The number of amides is 1. The van der Waals surface area contributed by atoms with E-state index >= 15 is 0 Å². The van der Waals surface area contributed by atoms with Crippen LogP contribution in [0.15, 0.2) is 69.3 Å². The number of furan rings is 1. The highest BCUT2D eigenvalue weighted by atomic mass is 32.1. The van der Waals surface area contributed by atoms with Crippen molar-refractivity contribution < 1.29 is 18.7 Å². The summed E-state index contributed by atoms with van der Waals surface area (Å²) in [5.74, 6) is -0.563. The molecule has 1 aromatic carbocycles. The SMILES string of the molecule is O=C(OCc1csc(-c2ccsc2)n1)[C@@H]1Cc2ccccc2CN1C(=O)c1ccco1. The van der Waals surface area contributed by atoms with Crippen LogP contribution in [0.2, 0.25) is 0 Å². The molecule has 0 aliphatic carbocycles. The van der Waals surface area contributed by atoms with Gasteiger partial charge in [-0.3, -0.25) is 4.79 Å². The first-order valence-electron chi connectivity index (χ1n) is 9.74. The summed E-state index contributed by atoms with van der Waals surface area (Å²) in [5.41, 5.74) is 3.82. The van der Waals surface area contributed by atoms with E-state index in [4.69, 9.17) is 9.15 Å². The van der Waals surface area contributed by atoms with E-state index in [0.29, 0.717) is 18.7 Å². The van der Waals surface area contributed by atoms with E-state index in [1.807, 2.05) is 46.5 Å². The second-order valence-electron chi connectivity index (χ2n) is 7.16. The predicted molar refractivity (Wildman–Crippen MR) is 118 cm³/mol. The quantitative estimate of drug-likeness (QED) is 0.409. The minimum absolute atomic E-state index is 0.0698. The van der Waals surface area contributed by atoms with Crippen molar-refractivity contribution in [2.24, 2.45) is 0 Å². The number of esters is 1. The molecule has 1 aliphatic rings. The molecule has 0 N–H and O–H groups in total. The maximum absolute atomic E-state index is 13.0. The number of rotatable bonds is 5. The highest BCUT2D eigenvalue weighted by molar-refractivity contribution is 7.14. The Hall–Kier alpha value is -3.23. The van der Waals surface area contributed by atoms with Gasteiger partial charge in [0.1, 0.15) is 17.7 Å². The number of benzene rings is 1. The lowest BCUT2D eigenvalue weighted by Gasteiger charge is -2.34. The van der Waals surface area contributed by atoms with Gasteiger partial charge in [0, 0.05) is 29.3 Å². The number of aromatic nitrogens is 1. The number of carbonyl (C=O) groups excluding carboxylic acids is 2.